The molecule has 1 fully saturated rings. The van der Waals surface area contributed by atoms with Crippen LogP contribution in [-0.4, -0.2) is 31.9 Å². The van der Waals surface area contributed by atoms with E-state index in [1.54, 1.807) is 24.3 Å². The van der Waals surface area contributed by atoms with Crippen molar-refractivity contribution in [2.45, 2.75) is 6.10 Å². The summed E-state index contributed by atoms with van der Waals surface area (Å²) in [5.74, 6) is 0.123. The topological polar surface area (TPSA) is 44.8 Å². The highest BCUT2D eigenvalue weighted by atomic mass is 16.6. The maximum Gasteiger partial charge on any atom is 0.343 e. The minimum Gasteiger partial charge on any atom is -0.425 e. The number of carbonyl (C=O) groups excluding carboxylic acids is 1. The zero-order valence-corrected chi connectivity index (χ0v) is 8.22. The molecule has 0 spiro atoms. The Morgan fingerprint density at radius 1 is 1.27 bits per heavy atom. The number of hydrogen-bond acceptors (Lipinski definition) is 4. The normalized spacial score (nSPS) is 20.9. The number of benzene rings is 1. The van der Waals surface area contributed by atoms with Gasteiger partial charge >= 0.3 is 5.97 Å². The lowest BCUT2D eigenvalue weighted by molar-refractivity contribution is -0.161. The smallest absolute Gasteiger partial charge is 0.343 e. The van der Waals surface area contributed by atoms with E-state index in [2.05, 4.69) is 0 Å². The van der Waals surface area contributed by atoms with Crippen LogP contribution in [0.4, 0.5) is 0 Å². The first-order valence-corrected chi connectivity index (χ1v) is 4.82. The Balaban J connectivity index is 1.91. The van der Waals surface area contributed by atoms with Crippen LogP contribution in [0.15, 0.2) is 30.3 Å². The number of ether oxygens (including phenoxy) is 3. The highest BCUT2D eigenvalue weighted by Gasteiger charge is 2.24. The third-order valence-electron chi connectivity index (χ3n) is 2.04. The average Bonchev–Trinajstić information content (AvgIpc) is 2.31. The van der Waals surface area contributed by atoms with E-state index in [1.165, 1.54) is 0 Å². The van der Waals surface area contributed by atoms with Crippen LogP contribution in [-0.2, 0) is 14.3 Å². The van der Waals surface area contributed by atoms with Gasteiger partial charge in [-0.1, -0.05) is 18.2 Å². The van der Waals surface area contributed by atoms with Crippen molar-refractivity contribution in [3.8, 4) is 5.75 Å². The number of esters is 1. The van der Waals surface area contributed by atoms with Crippen LogP contribution in [0.25, 0.3) is 0 Å². The van der Waals surface area contributed by atoms with E-state index in [0.717, 1.165) is 0 Å². The Kier molecular flexibility index (Phi) is 3.32. The highest BCUT2D eigenvalue weighted by molar-refractivity contribution is 5.77. The number of para-hydroxylation sites is 1. The Bertz CT molecular complexity index is 317. The molecule has 0 saturated carbocycles. The highest BCUT2D eigenvalue weighted by Crippen LogP contribution is 2.11. The van der Waals surface area contributed by atoms with Gasteiger partial charge in [-0.25, -0.2) is 4.79 Å². The van der Waals surface area contributed by atoms with Gasteiger partial charge in [0.25, 0.3) is 0 Å². The van der Waals surface area contributed by atoms with E-state index in [9.17, 15) is 4.79 Å². The summed E-state index contributed by atoms with van der Waals surface area (Å²) in [5, 5.41) is 0. The summed E-state index contributed by atoms with van der Waals surface area (Å²) >= 11 is 0. The Labute approximate surface area is 87.8 Å². The second-order valence-corrected chi connectivity index (χ2v) is 3.17. The molecule has 1 atom stereocenters. The first-order valence-electron chi connectivity index (χ1n) is 4.82. The minimum absolute atomic E-state index is 0.270. The van der Waals surface area contributed by atoms with Crippen LogP contribution < -0.4 is 4.74 Å². The molecule has 15 heavy (non-hydrogen) atoms. The number of carbonyl (C=O) groups is 1. The van der Waals surface area contributed by atoms with E-state index in [4.69, 9.17) is 14.2 Å². The van der Waals surface area contributed by atoms with Gasteiger partial charge in [0, 0.05) is 0 Å². The van der Waals surface area contributed by atoms with Gasteiger partial charge in [0.2, 0.25) is 0 Å². The quantitative estimate of drug-likeness (QED) is 0.537. The fourth-order valence-electron chi connectivity index (χ4n) is 1.29. The molecule has 1 aromatic rings. The second-order valence-electron chi connectivity index (χ2n) is 3.17. The summed E-state index contributed by atoms with van der Waals surface area (Å²) in [6.45, 7) is 1.25. The van der Waals surface area contributed by atoms with Crippen molar-refractivity contribution in [3.63, 3.8) is 0 Å². The Morgan fingerprint density at radius 3 is 2.73 bits per heavy atom. The monoisotopic (exact) mass is 208 g/mol. The third-order valence-corrected chi connectivity index (χ3v) is 2.04. The summed E-state index contributed by atoms with van der Waals surface area (Å²) in [4.78, 5) is 11.5. The van der Waals surface area contributed by atoms with Gasteiger partial charge in [-0.05, 0) is 12.1 Å². The molecule has 4 nitrogen and oxygen atoms in total. The molecule has 2 rings (SSSR count). The fraction of sp³-hybridized carbons (Fsp3) is 0.364. The first-order chi connectivity index (χ1) is 7.36. The predicted molar refractivity (Wildman–Crippen MR) is 52.6 cm³/mol. The molecule has 1 aliphatic heterocycles. The maximum absolute atomic E-state index is 11.5. The zero-order valence-electron chi connectivity index (χ0n) is 8.22. The fourth-order valence-corrected chi connectivity index (χ4v) is 1.29. The van der Waals surface area contributed by atoms with Gasteiger partial charge < -0.3 is 14.2 Å². The van der Waals surface area contributed by atoms with Gasteiger partial charge in [-0.3, -0.25) is 0 Å². The van der Waals surface area contributed by atoms with Crippen molar-refractivity contribution >= 4 is 5.97 Å². The van der Waals surface area contributed by atoms with Crippen molar-refractivity contribution in [1.29, 1.82) is 0 Å². The van der Waals surface area contributed by atoms with Crippen LogP contribution >= 0.6 is 0 Å². The van der Waals surface area contributed by atoms with E-state index in [1.807, 2.05) is 6.07 Å². The molecule has 4 heteroatoms. The minimum atomic E-state index is -0.598. The molecule has 1 unspecified atom stereocenters. The molecule has 1 heterocycles. The van der Waals surface area contributed by atoms with Gasteiger partial charge in [0.1, 0.15) is 5.75 Å². The molecular weight excluding hydrogens is 196 g/mol. The average molecular weight is 208 g/mol. The van der Waals surface area contributed by atoms with Crippen LogP contribution in [0.2, 0.25) is 0 Å². The van der Waals surface area contributed by atoms with Crippen LogP contribution in [0, 0.1) is 0 Å². The van der Waals surface area contributed by atoms with E-state index >= 15 is 0 Å². The molecule has 0 bridgehead atoms. The molecule has 80 valence electrons. The Hall–Kier alpha value is -1.39. The predicted octanol–water partition coefficient (Wildman–Crippen LogP) is 1.01. The van der Waals surface area contributed by atoms with Crippen molar-refractivity contribution in [2.24, 2.45) is 0 Å². The lowest BCUT2D eigenvalue weighted by Gasteiger charge is -2.21. The van der Waals surface area contributed by atoms with E-state index < -0.39 is 12.1 Å². The molecule has 1 saturated heterocycles. The lowest BCUT2D eigenvalue weighted by atomic mass is 10.3. The summed E-state index contributed by atoms with van der Waals surface area (Å²) in [7, 11) is 0. The maximum atomic E-state index is 11.5. The molecule has 0 radical (unpaired) electrons. The van der Waals surface area contributed by atoms with Gasteiger partial charge in [-0.2, -0.15) is 0 Å². The number of rotatable bonds is 2. The second kappa shape index (κ2) is 4.91. The number of hydrogen-bond donors (Lipinski definition) is 0. The zero-order chi connectivity index (χ0) is 10.5. The largest absolute Gasteiger partial charge is 0.425 e. The van der Waals surface area contributed by atoms with Crippen LogP contribution in [0.3, 0.4) is 0 Å². The molecule has 1 aliphatic rings. The van der Waals surface area contributed by atoms with Gasteiger partial charge in [0.15, 0.2) is 6.10 Å². The molecule has 0 N–H and O–H groups in total. The Morgan fingerprint density at radius 2 is 2.07 bits per heavy atom. The third kappa shape index (κ3) is 2.78. The molecule has 0 aromatic heterocycles. The molecular formula is C11H12O4. The summed E-state index contributed by atoms with van der Waals surface area (Å²) in [6, 6.07) is 8.92. The van der Waals surface area contributed by atoms with E-state index in [0.29, 0.717) is 19.0 Å². The molecule has 0 amide bonds. The van der Waals surface area contributed by atoms with Crippen molar-refractivity contribution in [1.82, 2.24) is 0 Å². The summed E-state index contributed by atoms with van der Waals surface area (Å²) < 4.78 is 15.4. The van der Waals surface area contributed by atoms with Gasteiger partial charge in [0.05, 0.1) is 19.8 Å². The lowest BCUT2D eigenvalue weighted by Crippen LogP contribution is -2.38. The van der Waals surface area contributed by atoms with Crippen LogP contribution in [0.5, 0.6) is 5.75 Å². The SMILES string of the molecule is O=C(Oc1ccccc1)C1COCCO1. The summed E-state index contributed by atoms with van der Waals surface area (Å²) in [5.41, 5.74) is 0. The van der Waals surface area contributed by atoms with E-state index in [-0.39, 0.29) is 6.61 Å². The van der Waals surface area contributed by atoms with Crippen molar-refractivity contribution in [3.05, 3.63) is 30.3 Å². The standard InChI is InChI=1S/C11H12O4/c12-11(10-8-13-6-7-14-10)15-9-4-2-1-3-5-9/h1-5,10H,6-8H2. The van der Waals surface area contributed by atoms with Gasteiger partial charge in [-0.15, -0.1) is 0 Å². The van der Waals surface area contributed by atoms with Crippen molar-refractivity contribution < 1.29 is 19.0 Å². The molecule has 1 aromatic carbocycles. The summed E-state index contributed by atoms with van der Waals surface area (Å²) in [6.07, 6.45) is -0.598. The molecule has 0 aliphatic carbocycles. The van der Waals surface area contributed by atoms with Crippen molar-refractivity contribution in [2.75, 3.05) is 19.8 Å². The first kappa shape index (κ1) is 10.1. The van der Waals surface area contributed by atoms with Crippen LogP contribution in [0.1, 0.15) is 0 Å².